The van der Waals surface area contributed by atoms with Gasteiger partial charge in [-0.15, -0.1) is 0 Å². The summed E-state index contributed by atoms with van der Waals surface area (Å²) in [6.45, 7) is 1.78. The predicted molar refractivity (Wildman–Crippen MR) is 118 cm³/mol. The number of nitrogens with two attached hydrogens (primary N) is 2. The number of aromatic nitrogens is 7. The summed E-state index contributed by atoms with van der Waals surface area (Å²) in [4.78, 5) is 19.1. The molecule has 4 aromatic heterocycles. The minimum Gasteiger partial charge on any atom is -0.395 e. The zero-order chi connectivity index (χ0) is 23.1. The van der Waals surface area contributed by atoms with Crippen LogP contribution < -0.4 is 22.1 Å². The van der Waals surface area contributed by atoms with Crippen molar-refractivity contribution in [2.24, 2.45) is 0 Å². The molecule has 0 fully saturated rings. The van der Waals surface area contributed by atoms with Gasteiger partial charge in [0.25, 0.3) is 5.95 Å². The van der Waals surface area contributed by atoms with Crippen LogP contribution >= 0.6 is 0 Å². The summed E-state index contributed by atoms with van der Waals surface area (Å²) >= 11 is 0. The van der Waals surface area contributed by atoms with Crippen LogP contribution in [-0.2, 0) is 0 Å². The zero-order valence-corrected chi connectivity index (χ0v) is 17.2. The molecule has 0 aliphatic heterocycles. The number of nitrogens with one attached hydrogen (secondary N) is 3. The summed E-state index contributed by atoms with van der Waals surface area (Å²) in [6, 6.07) is 5.70. The second kappa shape index (κ2) is 9.55. The van der Waals surface area contributed by atoms with Gasteiger partial charge in [0.15, 0.2) is 11.6 Å². The molecule has 13 nitrogen and oxygen atoms in total. The zero-order valence-electron chi connectivity index (χ0n) is 17.2. The largest absolute Gasteiger partial charge is 0.395 e. The van der Waals surface area contributed by atoms with Crippen molar-refractivity contribution < 1.29 is 0 Å². The number of anilines is 5. The van der Waals surface area contributed by atoms with Crippen LogP contribution in [0.3, 0.4) is 0 Å². The van der Waals surface area contributed by atoms with Gasteiger partial charge in [0, 0.05) is 31.8 Å². The standard InChI is InChI=1S/C11H13N7.C8H6N6/c1-6-7(5-12)9(17-10(14-2)8(6)13)18-11-15-3-4-16-11;9-4-6-5-13-14(7(6)10)8-11-2-1-3-12-8/h3-4H,13H2,1-2H3,(H3,14,15,16,17,18);1-3,5H,10H2. The smallest absolute Gasteiger partial charge is 0.252 e. The molecule has 4 heterocycles. The number of hydrogen-bond acceptors (Lipinski definition) is 11. The van der Waals surface area contributed by atoms with E-state index in [9.17, 15) is 5.26 Å². The summed E-state index contributed by atoms with van der Waals surface area (Å²) in [5.41, 5.74) is 13.4. The third-order valence-electron chi connectivity index (χ3n) is 4.25. The molecule has 0 radical (unpaired) electrons. The van der Waals surface area contributed by atoms with E-state index in [1.54, 1.807) is 44.8 Å². The van der Waals surface area contributed by atoms with Gasteiger partial charge in [0.2, 0.25) is 5.95 Å². The maximum Gasteiger partial charge on any atom is 0.252 e. The predicted octanol–water partition coefficient (Wildman–Crippen LogP) is 1.47. The first kappa shape index (κ1) is 21.5. The van der Waals surface area contributed by atoms with Gasteiger partial charge < -0.3 is 27.1 Å². The van der Waals surface area contributed by atoms with Crippen molar-refractivity contribution in [1.29, 1.82) is 10.5 Å². The highest BCUT2D eigenvalue weighted by Crippen LogP contribution is 2.29. The van der Waals surface area contributed by atoms with Gasteiger partial charge in [-0.3, -0.25) is 0 Å². The Morgan fingerprint density at radius 1 is 1.06 bits per heavy atom. The summed E-state index contributed by atoms with van der Waals surface area (Å²) in [5.74, 6) is 2.07. The third kappa shape index (κ3) is 4.37. The number of pyridine rings is 1. The van der Waals surface area contributed by atoms with E-state index in [2.05, 4.69) is 46.7 Å². The molecule has 0 amide bonds. The van der Waals surface area contributed by atoms with Gasteiger partial charge in [0.05, 0.1) is 17.4 Å². The normalized spacial score (nSPS) is 9.75. The van der Waals surface area contributed by atoms with Gasteiger partial charge in [-0.25, -0.2) is 19.9 Å². The van der Waals surface area contributed by atoms with E-state index < -0.39 is 0 Å². The minimum atomic E-state index is 0.249. The Hall–Kier alpha value is -5.17. The Bertz CT molecular complexity index is 1280. The van der Waals surface area contributed by atoms with Crippen LogP contribution in [0, 0.1) is 29.6 Å². The molecule has 13 heteroatoms. The quantitative estimate of drug-likeness (QED) is 0.313. The molecule has 7 N–H and O–H groups in total. The van der Waals surface area contributed by atoms with Gasteiger partial charge in [-0.1, -0.05) is 0 Å². The van der Waals surface area contributed by atoms with Crippen LogP contribution in [0.2, 0.25) is 0 Å². The summed E-state index contributed by atoms with van der Waals surface area (Å²) in [5, 5.41) is 27.6. The average molecular weight is 429 g/mol. The molecule has 0 saturated carbocycles. The first-order valence-electron chi connectivity index (χ1n) is 9.15. The van der Waals surface area contributed by atoms with Gasteiger partial charge >= 0.3 is 0 Å². The van der Waals surface area contributed by atoms with Gasteiger partial charge in [-0.2, -0.15) is 20.3 Å². The Morgan fingerprint density at radius 3 is 2.38 bits per heavy atom. The number of aromatic amines is 1. The molecular weight excluding hydrogens is 410 g/mol. The lowest BCUT2D eigenvalue weighted by molar-refractivity contribution is 0.817. The van der Waals surface area contributed by atoms with Crippen LogP contribution in [0.1, 0.15) is 16.7 Å². The van der Waals surface area contributed by atoms with E-state index in [0.29, 0.717) is 45.9 Å². The summed E-state index contributed by atoms with van der Waals surface area (Å²) in [7, 11) is 1.72. The first-order valence-corrected chi connectivity index (χ1v) is 9.15. The Labute approximate surface area is 182 Å². The highest BCUT2D eigenvalue weighted by Gasteiger charge is 2.15. The van der Waals surface area contributed by atoms with E-state index in [1.165, 1.54) is 10.9 Å². The Morgan fingerprint density at radius 2 is 1.81 bits per heavy atom. The summed E-state index contributed by atoms with van der Waals surface area (Å²) in [6.07, 6.45) is 7.83. The highest BCUT2D eigenvalue weighted by atomic mass is 15.4. The van der Waals surface area contributed by atoms with Crippen LogP contribution in [0.25, 0.3) is 5.95 Å². The maximum atomic E-state index is 9.18. The molecule has 0 aliphatic rings. The number of H-pyrrole nitrogens is 1. The highest BCUT2D eigenvalue weighted by molar-refractivity contribution is 5.75. The second-order valence-electron chi connectivity index (χ2n) is 6.16. The van der Waals surface area contributed by atoms with E-state index in [4.69, 9.17) is 16.7 Å². The molecule has 0 unspecified atom stereocenters. The van der Waals surface area contributed by atoms with Crippen molar-refractivity contribution in [2.75, 3.05) is 29.1 Å². The van der Waals surface area contributed by atoms with E-state index >= 15 is 0 Å². The molecule has 4 rings (SSSR count). The van der Waals surface area contributed by atoms with Gasteiger partial charge in [0.1, 0.15) is 23.5 Å². The molecule has 0 spiro atoms. The molecular formula is C19H19N13. The SMILES string of the molecule is CNc1nc(Nc2ncc[nH]2)c(C#N)c(C)c1N.N#Cc1cnn(-c2ncccn2)c1N. The first-order chi connectivity index (χ1) is 15.5. The van der Waals surface area contributed by atoms with Crippen molar-refractivity contribution in [3.8, 4) is 18.1 Å². The lowest BCUT2D eigenvalue weighted by atomic mass is 10.1. The van der Waals surface area contributed by atoms with E-state index in [-0.39, 0.29) is 5.82 Å². The molecule has 160 valence electrons. The van der Waals surface area contributed by atoms with Crippen molar-refractivity contribution >= 4 is 29.1 Å². The van der Waals surface area contributed by atoms with Crippen LogP contribution in [0.15, 0.2) is 37.1 Å². The lowest BCUT2D eigenvalue weighted by Crippen LogP contribution is -2.07. The molecule has 0 bridgehead atoms. The molecule has 0 aliphatic carbocycles. The van der Waals surface area contributed by atoms with Crippen LogP contribution in [0.4, 0.5) is 29.1 Å². The third-order valence-corrected chi connectivity index (χ3v) is 4.25. The molecule has 4 aromatic rings. The van der Waals surface area contributed by atoms with Gasteiger partial charge in [-0.05, 0) is 18.6 Å². The second-order valence-corrected chi connectivity index (χ2v) is 6.16. The molecule has 0 saturated heterocycles. The van der Waals surface area contributed by atoms with E-state index in [0.717, 1.165) is 0 Å². The number of nitrogen functional groups attached to an aromatic ring is 2. The average Bonchev–Trinajstić information content (AvgIpc) is 3.46. The summed E-state index contributed by atoms with van der Waals surface area (Å²) < 4.78 is 1.32. The molecule has 0 atom stereocenters. The monoisotopic (exact) mass is 429 g/mol. The van der Waals surface area contributed by atoms with Crippen molar-refractivity contribution in [1.82, 2.24) is 34.7 Å². The Balaban J connectivity index is 0.000000186. The molecule has 32 heavy (non-hydrogen) atoms. The van der Waals surface area contributed by atoms with Crippen molar-refractivity contribution in [2.45, 2.75) is 6.92 Å². The maximum absolute atomic E-state index is 9.18. The van der Waals surface area contributed by atoms with E-state index in [1.807, 2.05) is 6.07 Å². The van der Waals surface area contributed by atoms with Crippen LogP contribution in [-0.4, -0.2) is 41.7 Å². The van der Waals surface area contributed by atoms with Crippen molar-refractivity contribution in [3.63, 3.8) is 0 Å². The number of nitrogens with zero attached hydrogens (tertiary/aromatic N) is 8. The van der Waals surface area contributed by atoms with Crippen LogP contribution in [0.5, 0.6) is 0 Å². The topological polar surface area (TPSA) is 209 Å². The number of imidazole rings is 1. The lowest BCUT2D eigenvalue weighted by Gasteiger charge is -2.13. The molecule has 0 aromatic carbocycles. The Kier molecular flexibility index (Phi) is 6.43. The minimum absolute atomic E-state index is 0.249. The number of rotatable bonds is 4. The number of hydrogen-bond donors (Lipinski definition) is 5. The fourth-order valence-corrected chi connectivity index (χ4v) is 2.59. The van der Waals surface area contributed by atoms with Crippen molar-refractivity contribution in [3.05, 3.63) is 53.7 Å². The fraction of sp³-hybridized carbons (Fsp3) is 0.105. The number of nitriles is 2. The fourth-order valence-electron chi connectivity index (χ4n) is 2.59.